The Morgan fingerprint density at radius 2 is 1.81 bits per heavy atom. The molecule has 0 aliphatic rings. The predicted molar refractivity (Wildman–Crippen MR) is 79.7 cm³/mol. The highest BCUT2D eigenvalue weighted by atomic mass is 16.5. The van der Waals surface area contributed by atoms with E-state index in [1.165, 1.54) is 0 Å². The molecular formula is C17H17NO3. The summed E-state index contributed by atoms with van der Waals surface area (Å²) in [7, 11) is 1.55. The van der Waals surface area contributed by atoms with Gasteiger partial charge in [0.05, 0.1) is 19.3 Å². The number of ether oxygens (including phenoxy) is 3. The molecule has 0 radical (unpaired) electrons. The molecule has 2 aromatic rings. The van der Waals surface area contributed by atoms with E-state index in [-0.39, 0.29) is 0 Å². The molecule has 4 nitrogen and oxygen atoms in total. The molecule has 0 N–H and O–H groups in total. The molecule has 0 aromatic heterocycles. The summed E-state index contributed by atoms with van der Waals surface area (Å²) in [5.41, 5.74) is 1.45. The van der Waals surface area contributed by atoms with Crippen LogP contribution < -0.4 is 14.2 Å². The predicted octanol–water partition coefficient (Wildman–Crippen LogP) is 3.54. The van der Waals surface area contributed by atoms with Crippen molar-refractivity contribution >= 4 is 0 Å². The van der Waals surface area contributed by atoms with Crippen molar-refractivity contribution in [2.45, 2.75) is 13.5 Å². The van der Waals surface area contributed by atoms with Crippen LogP contribution in [0.3, 0.4) is 0 Å². The third-order valence-electron chi connectivity index (χ3n) is 2.91. The maximum absolute atomic E-state index is 8.95. The van der Waals surface area contributed by atoms with Crippen molar-refractivity contribution in [2.24, 2.45) is 0 Å². The number of rotatable bonds is 6. The highest BCUT2D eigenvalue weighted by molar-refractivity contribution is 5.45. The monoisotopic (exact) mass is 283 g/mol. The van der Waals surface area contributed by atoms with E-state index in [1.54, 1.807) is 13.2 Å². The minimum atomic E-state index is 0.400. The first-order valence-electron chi connectivity index (χ1n) is 6.69. The second-order valence-electron chi connectivity index (χ2n) is 4.34. The molecular weight excluding hydrogens is 266 g/mol. The first-order chi connectivity index (χ1) is 10.3. The summed E-state index contributed by atoms with van der Waals surface area (Å²) in [5, 5.41) is 8.95. The first kappa shape index (κ1) is 14.7. The lowest BCUT2D eigenvalue weighted by atomic mass is 10.1. The van der Waals surface area contributed by atoms with Gasteiger partial charge in [-0.15, -0.1) is 0 Å². The molecule has 2 aromatic carbocycles. The zero-order valence-corrected chi connectivity index (χ0v) is 12.1. The minimum Gasteiger partial charge on any atom is -0.495 e. The van der Waals surface area contributed by atoms with Gasteiger partial charge in [0.1, 0.15) is 29.9 Å². The molecule has 0 amide bonds. The zero-order valence-electron chi connectivity index (χ0n) is 12.1. The molecule has 0 heterocycles. The average molecular weight is 283 g/mol. The van der Waals surface area contributed by atoms with Gasteiger partial charge in [0.25, 0.3) is 0 Å². The summed E-state index contributed by atoms with van der Waals surface area (Å²) in [6, 6.07) is 15.0. The van der Waals surface area contributed by atoms with Gasteiger partial charge >= 0.3 is 0 Å². The fourth-order valence-corrected chi connectivity index (χ4v) is 1.90. The molecule has 0 aliphatic heterocycles. The molecule has 0 aliphatic carbocycles. The van der Waals surface area contributed by atoms with Gasteiger partial charge in [0, 0.05) is 6.07 Å². The third kappa shape index (κ3) is 3.90. The fourth-order valence-electron chi connectivity index (χ4n) is 1.90. The summed E-state index contributed by atoms with van der Waals surface area (Å²) < 4.78 is 16.3. The second kappa shape index (κ2) is 7.20. The van der Waals surface area contributed by atoms with E-state index in [0.29, 0.717) is 24.5 Å². The van der Waals surface area contributed by atoms with Gasteiger partial charge in [-0.05, 0) is 36.8 Å². The average Bonchev–Trinajstić information content (AvgIpc) is 2.53. The molecule has 108 valence electrons. The van der Waals surface area contributed by atoms with Crippen molar-refractivity contribution in [1.82, 2.24) is 0 Å². The molecule has 4 heteroatoms. The standard InChI is InChI=1S/C17H17NO3/c1-3-20-15-5-4-6-16(10-15)21-12-13-7-8-14(11-18)17(9-13)19-2/h4-10H,3,12H2,1-2H3. The zero-order chi connectivity index (χ0) is 15.1. The van der Waals surface area contributed by atoms with Gasteiger partial charge in [-0.3, -0.25) is 0 Å². The highest BCUT2D eigenvalue weighted by Crippen LogP contribution is 2.23. The van der Waals surface area contributed by atoms with Crippen LogP contribution >= 0.6 is 0 Å². The number of benzene rings is 2. The van der Waals surface area contributed by atoms with Crippen LogP contribution in [0.5, 0.6) is 17.2 Å². The van der Waals surface area contributed by atoms with Crippen molar-refractivity contribution in [1.29, 1.82) is 5.26 Å². The van der Waals surface area contributed by atoms with Crippen LogP contribution in [0.25, 0.3) is 0 Å². The third-order valence-corrected chi connectivity index (χ3v) is 2.91. The molecule has 0 spiro atoms. The molecule has 0 bridgehead atoms. The SMILES string of the molecule is CCOc1cccc(OCc2ccc(C#N)c(OC)c2)c1. The largest absolute Gasteiger partial charge is 0.495 e. The summed E-state index contributed by atoms with van der Waals surface area (Å²) >= 11 is 0. The van der Waals surface area contributed by atoms with Crippen LogP contribution in [0.2, 0.25) is 0 Å². The van der Waals surface area contributed by atoms with Gasteiger partial charge in [0.2, 0.25) is 0 Å². The van der Waals surface area contributed by atoms with E-state index in [2.05, 4.69) is 6.07 Å². The summed E-state index contributed by atoms with van der Waals surface area (Å²) in [4.78, 5) is 0. The number of methoxy groups -OCH3 is 1. The second-order valence-corrected chi connectivity index (χ2v) is 4.34. The minimum absolute atomic E-state index is 0.400. The maximum Gasteiger partial charge on any atom is 0.137 e. The number of hydrogen-bond donors (Lipinski definition) is 0. The summed E-state index contributed by atoms with van der Waals surface area (Å²) in [6.07, 6.45) is 0. The van der Waals surface area contributed by atoms with Crippen molar-refractivity contribution in [3.8, 4) is 23.3 Å². The Bertz CT molecular complexity index is 647. The fraction of sp³-hybridized carbons (Fsp3) is 0.235. The van der Waals surface area contributed by atoms with E-state index in [9.17, 15) is 0 Å². The van der Waals surface area contributed by atoms with Crippen molar-refractivity contribution < 1.29 is 14.2 Å². The van der Waals surface area contributed by atoms with Crippen LogP contribution in [0.15, 0.2) is 42.5 Å². The molecule has 0 unspecified atom stereocenters. The van der Waals surface area contributed by atoms with Gasteiger partial charge in [-0.25, -0.2) is 0 Å². The number of nitrogens with zero attached hydrogens (tertiary/aromatic N) is 1. The molecule has 21 heavy (non-hydrogen) atoms. The van der Waals surface area contributed by atoms with Gasteiger partial charge in [0.15, 0.2) is 0 Å². The Morgan fingerprint density at radius 1 is 1.05 bits per heavy atom. The Balaban J connectivity index is 2.06. The van der Waals surface area contributed by atoms with Crippen molar-refractivity contribution in [3.63, 3.8) is 0 Å². The normalized spacial score (nSPS) is 9.76. The van der Waals surface area contributed by atoms with Gasteiger partial charge < -0.3 is 14.2 Å². The van der Waals surface area contributed by atoms with Crippen molar-refractivity contribution in [3.05, 3.63) is 53.6 Å². The lowest BCUT2D eigenvalue weighted by Crippen LogP contribution is -1.98. The van der Waals surface area contributed by atoms with Gasteiger partial charge in [-0.1, -0.05) is 12.1 Å². The molecule has 0 fully saturated rings. The van der Waals surface area contributed by atoms with Crippen LogP contribution in [0.1, 0.15) is 18.1 Å². The Kier molecular flexibility index (Phi) is 5.05. The number of nitriles is 1. The van der Waals surface area contributed by atoms with Crippen LogP contribution in [-0.4, -0.2) is 13.7 Å². The van der Waals surface area contributed by atoms with E-state index < -0.39 is 0 Å². The molecule has 0 saturated heterocycles. The Labute approximate surface area is 124 Å². The van der Waals surface area contributed by atoms with E-state index in [0.717, 1.165) is 17.1 Å². The number of hydrogen-bond acceptors (Lipinski definition) is 4. The van der Waals surface area contributed by atoms with Crippen LogP contribution in [0.4, 0.5) is 0 Å². The summed E-state index contributed by atoms with van der Waals surface area (Å²) in [6.45, 7) is 2.96. The molecule has 2 rings (SSSR count). The Hall–Kier alpha value is -2.67. The highest BCUT2D eigenvalue weighted by Gasteiger charge is 2.05. The van der Waals surface area contributed by atoms with Crippen LogP contribution in [0, 0.1) is 11.3 Å². The van der Waals surface area contributed by atoms with Crippen LogP contribution in [-0.2, 0) is 6.61 Å². The topological polar surface area (TPSA) is 51.5 Å². The first-order valence-corrected chi connectivity index (χ1v) is 6.69. The lowest BCUT2D eigenvalue weighted by Gasteiger charge is -2.10. The van der Waals surface area contributed by atoms with Crippen molar-refractivity contribution in [2.75, 3.05) is 13.7 Å². The quantitative estimate of drug-likeness (QED) is 0.813. The molecule has 0 saturated carbocycles. The van der Waals surface area contributed by atoms with Gasteiger partial charge in [-0.2, -0.15) is 5.26 Å². The summed E-state index contributed by atoms with van der Waals surface area (Å²) in [5.74, 6) is 2.08. The lowest BCUT2D eigenvalue weighted by molar-refractivity contribution is 0.298. The molecule has 0 atom stereocenters. The van der Waals surface area contributed by atoms with E-state index in [1.807, 2.05) is 43.3 Å². The smallest absolute Gasteiger partial charge is 0.137 e. The Morgan fingerprint density at radius 3 is 2.48 bits per heavy atom. The maximum atomic E-state index is 8.95. The van der Waals surface area contributed by atoms with E-state index in [4.69, 9.17) is 19.5 Å². The van der Waals surface area contributed by atoms with E-state index >= 15 is 0 Å².